The number of carbonyl (C=O) groups is 5. The van der Waals surface area contributed by atoms with E-state index < -0.39 is 73.6 Å². The van der Waals surface area contributed by atoms with Gasteiger partial charge in [-0.1, -0.05) is 0 Å². The Morgan fingerprint density at radius 2 is 1.07 bits per heavy atom. The molecular formula is C16H23N3O10. The Balaban J connectivity index is 2.24. The Hall–Kier alpha value is -2.77. The van der Waals surface area contributed by atoms with E-state index in [-0.39, 0.29) is 25.9 Å². The first-order chi connectivity index (χ1) is 13.5. The molecule has 2 aliphatic rings. The van der Waals surface area contributed by atoms with Crippen LogP contribution >= 0.6 is 0 Å². The molecule has 13 nitrogen and oxygen atoms in total. The number of aliphatic carboxylic acids is 5. The van der Waals surface area contributed by atoms with Crippen LogP contribution in [0.3, 0.4) is 0 Å². The van der Waals surface area contributed by atoms with Gasteiger partial charge in [0.25, 0.3) is 0 Å². The van der Waals surface area contributed by atoms with Gasteiger partial charge in [-0.2, -0.15) is 0 Å². The summed E-state index contributed by atoms with van der Waals surface area (Å²) >= 11 is 0. The third-order valence-corrected chi connectivity index (χ3v) is 5.27. The quantitative estimate of drug-likeness (QED) is 0.252. The lowest BCUT2D eigenvalue weighted by Gasteiger charge is -2.33. The average molecular weight is 417 g/mol. The molecule has 2 aliphatic heterocycles. The van der Waals surface area contributed by atoms with Crippen molar-refractivity contribution in [2.45, 2.75) is 37.0 Å². The zero-order valence-electron chi connectivity index (χ0n) is 15.4. The minimum atomic E-state index is -1.23. The molecule has 13 heteroatoms. The minimum absolute atomic E-state index is 0.0102. The van der Waals surface area contributed by atoms with E-state index in [2.05, 4.69) is 0 Å². The Bertz CT molecular complexity index is 648. The largest absolute Gasteiger partial charge is 0.480 e. The highest BCUT2D eigenvalue weighted by molar-refractivity contribution is 5.77. The topological polar surface area (TPSA) is 196 Å². The monoisotopic (exact) mass is 417 g/mol. The van der Waals surface area contributed by atoms with Crippen LogP contribution in [0.15, 0.2) is 0 Å². The third kappa shape index (κ3) is 5.62. The molecule has 2 heterocycles. The van der Waals surface area contributed by atoms with Crippen LogP contribution in [-0.2, 0) is 24.0 Å². The predicted octanol–water partition coefficient (Wildman–Crippen LogP) is -2.40. The maximum absolute atomic E-state index is 11.5. The molecule has 0 aromatic heterocycles. The van der Waals surface area contributed by atoms with Crippen LogP contribution in [0.4, 0.5) is 0 Å². The zero-order valence-corrected chi connectivity index (χ0v) is 15.4. The fourth-order valence-corrected chi connectivity index (χ4v) is 4.16. The van der Waals surface area contributed by atoms with Crippen LogP contribution in [-0.4, -0.2) is 127 Å². The lowest BCUT2D eigenvalue weighted by molar-refractivity contribution is -0.146. The van der Waals surface area contributed by atoms with Gasteiger partial charge in [0.2, 0.25) is 0 Å². The lowest BCUT2D eigenvalue weighted by atomic mass is 10.1. The molecule has 0 aromatic rings. The molecule has 2 saturated heterocycles. The molecule has 2 rings (SSSR count). The molecular weight excluding hydrogens is 394 g/mol. The van der Waals surface area contributed by atoms with Gasteiger partial charge in [-0.15, -0.1) is 0 Å². The normalized spacial score (nSPS) is 27.9. The van der Waals surface area contributed by atoms with Gasteiger partial charge in [0.15, 0.2) is 0 Å². The fourth-order valence-electron chi connectivity index (χ4n) is 4.16. The number of nitrogens with zero attached hydrogens (tertiary/aromatic N) is 3. The van der Waals surface area contributed by atoms with Gasteiger partial charge in [0.05, 0.1) is 19.6 Å². The second kappa shape index (κ2) is 9.15. The third-order valence-electron chi connectivity index (χ3n) is 5.27. The second-order valence-corrected chi connectivity index (χ2v) is 7.20. The summed E-state index contributed by atoms with van der Waals surface area (Å²) in [7, 11) is 0. The number of hydrogen-bond donors (Lipinski definition) is 5. The number of carboxylic acids is 5. The minimum Gasteiger partial charge on any atom is -0.480 e. The molecule has 162 valence electrons. The van der Waals surface area contributed by atoms with Gasteiger partial charge in [-0.25, -0.2) is 0 Å². The molecule has 5 N–H and O–H groups in total. The molecule has 2 fully saturated rings. The molecule has 0 aliphatic carbocycles. The van der Waals surface area contributed by atoms with Gasteiger partial charge in [-0.05, 0) is 12.8 Å². The molecule has 4 atom stereocenters. The van der Waals surface area contributed by atoms with E-state index >= 15 is 0 Å². The summed E-state index contributed by atoms with van der Waals surface area (Å²) in [5.74, 6) is -6.11. The fraction of sp³-hybridized carbons (Fsp3) is 0.688. The van der Waals surface area contributed by atoms with E-state index in [1.54, 1.807) is 0 Å². The van der Waals surface area contributed by atoms with Crippen LogP contribution in [0.1, 0.15) is 12.8 Å². The van der Waals surface area contributed by atoms with E-state index in [9.17, 15) is 39.3 Å². The van der Waals surface area contributed by atoms with Crippen LogP contribution < -0.4 is 0 Å². The second-order valence-electron chi connectivity index (χ2n) is 7.20. The van der Waals surface area contributed by atoms with Crippen molar-refractivity contribution in [3.8, 4) is 0 Å². The first-order valence-corrected chi connectivity index (χ1v) is 8.84. The lowest BCUT2D eigenvalue weighted by Crippen LogP contribution is -2.48. The predicted molar refractivity (Wildman–Crippen MR) is 92.4 cm³/mol. The van der Waals surface area contributed by atoms with Crippen molar-refractivity contribution in [2.24, 2.45) is 0 Å². The molecule has 0 amide bonds. The maximum Gasteiger partial charge on any atom is 0.320 e. The van der Waals surface area contributed by atoms with Crippen LogP contribution in [0, 0.1) is 0 Å². The molecule has 29 heavy (non-hydrogen) atoms. The smallest absolute Gasteiger partial charge is 0.320 e. The summed E-state index contributed by atoms with van der Waals surface area (Å²) in [6.45, 7) is -1.58. The van der Waals surface area contributed by atoms with E-state index in [1.807, 2.05) is 0 Å². The van der Waals surface area contributed by atoms with Crippen molar-refractivity contribution in [3.63, 3.8) is 0 Å². The van der Waals surface area contributed by atoms with E-state index in [0.717, 1.165) is 0 Å². The SMILES string of the molecule is O=C(O)CN1C[C@H](N(CC(=O)O)[C@H]2C[C@@H](C(=O)O)N(CC(=O)O)C2)C[C@H]1C(=O)O. The first-order valence-electron chi connectivity index (χ1n) is 8.84. The summed E-state index contributed by atoms with van der Waals surface area (Å²) in [5, 5.41) is 46.0. The highest BCUT2D eigenvalue weighted by atomic mass is 16.4. The van der Waals surface area contributed by atoms with Crippen LogP contribution in [0.25, 0.3) is 0 Å². The number of hydrogen-bond acceptors (Lipinski definition) is 8. The van der Waals surface area contributed by atoms with E-state index in [1.165, 1.54) is 14.7 Å². The molecule has 0 bridgehead atoms. The van der Waals surface area contributed by atoms with E-state index in [4.69, 9.17) is 10.2 Å². The van der Waals surface area contributed by atoms with Crippen LogP contribution in [0.5, 0.6) is 0 Å². The van der Waals surface area contributed by atoms with Crippen molar-refractivity contribution in [2.75, 3.05) is 32.7 Å². The number of rotatable bonds is 10. The summed E-state index contributed by atoms with van der Waals surface area (Å²) in [5.41, 5.74) is 0. The molecule has 0 spiro atoms. The molecule has 0 aromatic carbocycles. The number of carboxylic acid groups (broad SMARTS) is 5. The van der Waals surface area contributed by atoms with Crippen molar-refractivity contribution in [1.82, 2.24) is 14.7 Å². The standard InChI is InChI=1S/C16H23N3O10/c20-12(21)5-17-3-8(1-10(17)15(26)27)19(7-14(24)25)9-2-11(16(28)29)18(4-9)6-13(22)23/h8-11H,1-7H2,(H,20,21)(H,22,23)(H,24,25)(H,26,27)(H,28,29)/t8-,9+,10-,11-/m0/s1. The Labute approximate surface area is 164 Å². The van der Waals surface area contributed by atoms with E-state index in [0.29, 0.717) is 0 Å². The van der Waals surface area contributed by atoms with Gasteiger partial charge in [-0.3, -0.25) is 38.7 Å². The first kappa shape index (κ1) is 22.5. The highest BCUT2D eigenvalue weighted by Gasteiger charge is 2.46. The van der Waals surface area contributed by atoms with Crippen molar-refractivity contribution in [3.05, 3.63) is 0 Å². The Kier molecular flexibility index (Phi) is 7.11. The van der Waals surface area contributed by atoms with Crippen molar-refractivity contribution >= 4 is 29.8 Å². The van der Waals surface area contributed by atoms with Crippen molar-refractivity contribution < 1.29 is 49.5 Å². The Morgan fingerprint density at radius 3 is 1.34 bits per heavy atom. The Morgan fingerprint density at radius 1 is 0.690 bits per heavy atom. The maximum atomic E-state index is 11.5. The molecule has 0 radical (unpaired) electrons. The summed E-state index contributed by atoms with van der Waals surface area (Å²) in [6.07, 6.45) is -0.0495. The van der Waals surface area contributed by atoms with Gasteiger partial charge in [0, 0.05) is 25.2 Å². The van der Waals surface area contributed by atoms with Gasteiger partial charge < -0.3 is 25.5 Å². The van der Waals surface area contributed by atoms with Crippen molar-refractivity contribution in [1.29, 1.82) is 0 Å². The summed E-state index contributed by atoms with van der Waals surface area (Å²) < 4.78 is 0. The van der Waals surface area contributed by atoms with Crippen LogP contribution in [0.2, 0.25) is 0 Å². The summed E-state index contributed by atoms with van der Waals surface area (Å²) in [6, 6.07) is -3.48. The summed E-state index contributed by atoms with van der Waals surface area (Å²) in [4.78, 5) is 60.3. The zero-order chi connectivity index (χ0) is 21.9. The van der Waals surface area contributed by atoms with Gasteiger partial charge >= 0.3 is 29.8 Å². The average Bonchev–Trinajstić information content (AvgIpc) is 3.15. The number of likely N-dealkylation sites (tertiary alicyclic amines) is 2. The highest BCUT2D eigenvalue weighted by Crippen LogP contribution is 2.29. The van der Waals surface area contributed by atoms with Gasteiger partial charge in [0.1, 0.15) is 12.1 Å². The molecule has 0 unspecified atom stereocenters. The molecule has 0 saturated carbocycles.